The molecule has 3 heterocycles. The topological polar surface area (TPSA) is 72.6 Å². The molecule has 5 nitrogen and oxygen atoms in total. The number of nitrogens with zero attached hydrogens (tertiary/aromatic N) is 1. The van der Waals surface area contributed by atoms with Crippen LogP contribution in [0.25, 0.3) is 0 Å². The van der Waals surface area contributed by atoms with Crippen molar-refractivity contribution in [3.8, 4) is 0 Å². The fraction of sp³-hybridized carbons (Fsp3) is 0.455. The van der Waals surface area contributed by atoms with Crippen molar-refractivity contribution < 1.29 is 14.3 Å². The van der Waals surface area contributed by atoms with Crippen LogP contribution in [-0.4, -0.2) is 42.0 Å². The molecule has 0 aliphatic carbocycles. The molecule has 1 aromatic heterocycles. The summed E-state index contributed by atoms with van der Waals surface area (Å²) in [5, 5.41) is 0. The van der Waals surface area contributed by atoms with E-state index < -0.39 is 5.91 Å². The first-order valence-electron chi connectivity index (χ1n) is 5.47. The predicted molar refractivity (Wildman–Crippen MR) is 62.0 cm³/mol. The second-order valence-electron chi connectivity index (χ2n) is 4.32. The van der Waals surface area contributed by atoms with Crippen LogP contribution >= 0.6 is 11.3 Å². The maximum atomic E-state index is 12.2. The quantitative estimate of drug-likeness (QED) is 0.831. The predicted octanol–water partition coefficient (Wildman–Crippen LogP) is 0.460. The third-order valence-electron chi connectivity index (χ3n) is 3.25. The largest absolute Gasteiger partial charge is 0.377 e. The minimum atomic E-state index is -0.485. The van der Waals surface area contributed by atoms with Gasteiger partial charge < -0.3 is 15.4 Å². The fourth-order valence-corrected chi connectivity index (χ4v) is 3.18. The van der Waals surface area contributed by atoms with Crippen LogP contribution in [-0.2, 0) is 4.74 Å². The summed E-state index contributed by atoms with van der Waals surface area (Å²) in [6.07, 6.45) is 1.03. The van der Waals surface area contributed by atoms with Crippen LogP contribution in [0, 0.1) is 0 Å². The lowest BCUT2D eigenvalue weighted by Crippen LogP contribution is -2.65. The smallest absolute Gasteiger partial charge is 0.264 e. The first-order chi connectivity index (χ1) is 8.16. The van der Waals surface area contributed by atoms with Gasteiger partial charge >= 0.3 is 0 Å². The first-order valence-corrected chi connectivity index (χ1v) is 6.28. The molecule has 2 amide bonds. The molecule has 17 heavy (non-hydrogen) atoms. The summed E-state index contributed by atoms with van der Waals surface area (Å²) in [5.41, 5.74) is 5.17. The lowest BCUT2D eigenvalue weighted by molar-refractivity contribution is -0.104. The Kier molecular flexibility index (Phi) is 2.41. The van der Waals surface area contributed by atoms with Crippen molar-refractivity contribution >= 4 is 23.2 Å². The number of thiophene rings is 1. The van der Waals surface area contributed by atoms with Crippen LogP contribution in [0.2, 0.25) is 0 Å². The second-order valence-corrected chi connectivity index (χ2v) is 5.41. The van der Waals surface area contributed by atoms with Crippen LogP contribution < -0.4 is 5.73 Å². The Bertz CT molecular complexity index is 471. The van der Waals surface area contributed by atoms with E-state index in [0.29, 0.717) is 23.0 Å². The normalized spacial score (nSPS) is 26.5. The van der Waals surface area contributed by atoms with E-state index in [0.717, 1.165) is 17.8 Å². The van der Waals surface area contributed by atoms with Gasteiger partial charge in [0.05, 0.1) is 35.1 Å². The Balaban J connectivity index is 1.79. The minimum Gasteiger partial charge on any atom is -0.377 e. The number of ether oxygens (including phenoxy) is 1. The van der Waals surface area contributed by atoms with E-state index in [1.807, 2.05) is 4.90 Å². The zero-order chi connectivity index (χ0) is 12.0. The molecule has 2 saturated heterocycles. The molecule has 2 aliphatic rings. The molecule has 3 rings (SSSR count). The number of carbonyl (C=O) groups is 2. The minimum absolute atomic E-state index is 0.00736. The number of carbonyl (C=O) groups excluding carboxylic acids is 2. The van der Waals surface area contributed by atoms with Crippen molar-refractivity contribution in [3.05, 3.63) is 21.9 Å². The van der Waals surface area contributed by atoms with Crippen LogP contribution in [0.4, 0.5) is 0 Å². The third-order valence-corrected chi connectivity index (χ3v) is 4.33. The Morgan fingerprint density at radius 1 is 1.29 bits per heavy atom. The fourth-order valence-electron chi connectivity index (χ4n) is 2.38. The number of rotatable bonds is 2. The maximum absolute atomic E-state index is 12.2. The summed E-state index contributed by atoms with van der Waals surface area (Å²) in [4.78, 5) is 26.0. The molecule has 2 N–H and O–H groups in total. The number of fused-ring (bicyclic) bond motifs is 2. The lowest BCUT2D eigenvalue weighted by Gasteiger charge is -2.52. The molecule has 6 heteroatoms. The van der Waals surface area contributed by atoms with Crippen molar-refractivity contribution in [2.75, 3.05) is 13.2 Å². The highest BCUT2D eigenvalue weighted by Crippen LogP contribution is 2.33. The molecule has 0 aromatic carbocycles. The van der Waals surface area contributed by atoms with E-state index in [1.54, 1.807) is 12.1 Å². The number of nitrogens with two attached hydrogens (primary N) is 1. The van der Waals surface area contributed by atoms with E-state index >= 15 is 0 Å². The van der Waals surface area contributed by atoms with Crippen molar-refractivity contribution in [3.63, 3.8) is 0 Å². The number of amides is 2. The molecular weight excluding hydrogens is 240 g/mol. The molecule has 2 fully saturated rings. The Morgan fingerprint density at radius 3 is 2.47 bits per heavy atom. The Labute approximate surface area is 102 Å². The molecule has 2 aliphatic heterocycles. The average Bonchev–Trinajstić information content (AvgIpc) is 2.79. The van der Waals surface area contributed by atoms with E-state index in [1.165, 1.54) is 0 Å². The highest BCUT2D eigenvalue weighted by Gasteiger charge is 2.45. The zero-order valence-corrected chi connectivity index (χ0v) is 9.90. The van der Waals surface area contributed by atoms with Crippen LogP contribution in [0.5, 0.6) is 0 Å². The highest BCUT2D eigenvalue weighted by atomic mass is 32.1. The Morgan fingerprint density at radius 2 is 1.94 bits per heavy atom. The van der Waals surface area contributed by atoms with Gasteiger partial charge in [-0.3, -0.25) is 9.59 Å². The zero-order valence-electron chi connectivity index (χ0n) is 9.09. The van der Waals surface area contributed by atoms with Crippen molar-refractivity contribution in [2.24, 2.45) is 5.73 Å². The van der Waals surface area contributed by atoms with Crippen molar-refractivity contribution in [1.82, 2.24) is 4.90 Å². The van der Waals surface area contributed by atoms with Gasteiger partial charge in [0.1, 0.15) is 0 Å². The van der Waals surface area contributed by atoms with Gasteiger partial charge in [0.2, 0.25) is 0 Å². The molecule has 1 aromatic rings. The number of morpholine rings is 1. The molecule has 2 bridgehead atoms. The monoisotopic (exact) mass is 252 g/mol. The van der Waals surface area contributed by atoms with E-state index in [-0.39, 0.29) is 18.0 Å². The van der Waals surface area contributed by atoms with Gasteiger partial charge in [0.25, 0.3) is 11.8 Å². The molecule has 2 atom stereocenters. The third kappa shape index (κ3) is 1.64. The van der Waals surface area contributed by atoms with Gasteiger partial charge in [0, 0.05) is 0 Å². The molecular formula is C11H12N2O3S. The summed E-state index contributed by atoms with van der Waals surface area (Å²) < 4.78 is 5.33. The first kappa shape index (κ1) is 10.7. The van der Waals surface area contributed by atoms with E-state index in [4.69, 9.17) is 10.5 Å². The SMILES string of the molecule is NC(=O)c1ccc(C(=O)N2C3COCC2C3)s1. The van der Waals surface area contributed by atoms with Crippen LogP contribution in [0.15, 0.2) is 12.1 Å². The summed E-state index contributed by atoms with van der Waals surface area (Å²) in [5.74, 6) is -0.492. The van der Waals surface area contributed by atoms with Gasteiger partial charge in [-0.25, -0.2) is 0 Å². The molecule has 90 valence electrons. The number of primary amides is 1. The summed E-state index contributed by atoms with van der Waals surface area (Å²) >= 11 is 1.16. The summed E-state index contributed by atoms with van der Waals surface area (Å²) in [6, 6.07) is 3.69. The highest BCUT2D eigenvalue weighted by molar-refractivity contribution is 7.15. The van der Waals surface area contributed by atoms with Crippen molar-refractivity contribution in [2.45, 2.75) is 18.5 Å². The van der Waals surface area contributed by atoms with E-state index in [2.05, 4.69) is 0 Å². The molecule has 0 radical (unpaired) electrons. The molecule has 0 spiro atoms. The van der Waals surface area contributed by atoms with E-state index in [9.17, 15) is 9.59 Å². The van der Waals surface area contributed by atoms with Gasteiger partial charge in [-0.2, -0.15) is 0 Å². The van der Waals surface area contributed by atoms with Gasteiger partial charge in [0.15, 0.2) is 0 Å². The number of hydrogen-bond donors (Lipinski definition) is 1. The number of hydrogen-bond acceptors (Lipinski definition) is 4. The van der Waals surface area contributed by atoms with Crippen LogP contribution in [0.3, 0.4) is 0 Å². The second kappa shape index (κ2) is 3.82. The molecule has 2 unspecified atom stereocenters. The summed E-state index contributed by atoms with van der Waals surface area (Å²) in [6.45, 7) is 1.24. The maximum Gasteiger partial charge on any atom is 0.264 e. The lowest BCUT2D eigenvalue weighted by atomic mass is 9.91. The van der Waals surface area contributed by atoms with Gasteiger partial charge in [-0.1, -0.05) is 0 Å². The molecule has 0 saturated carbocycles. The Hall–Kier alpha value is -1.40. The van der Waals surface area contributed by atoms with Crippen LogP contribution in [0.1, 0.15) is 25.8 Å². The standard InChI is InChI=1S/C11H12N2O3S/c12-10(14)8-1-2-9(17-8)11(15)13-6-3-7(13)5-16-4-6/h1-2,6-7H,3-5H2,(H2,12,14). The van der Waals surface area contributed by atoms with Gasteiger partial charge in [-0.05, 0) is 18.6 Å². The van der Waals surface area contributed by atoms with Crippen molar-refractivity contribution in [1.29, 1.82) is 0 Å². The van der Waals surface area contributed by atoms with Gasteiger partial charge in [-0.15, -0.1) is 11.3 Å². The average molecular weight is 252 g/mol. The summed E-state index contributed by atoms with van der Waals surface area (Å²) in [7, 11) is 0.